The molecule has 30 heavy (non-hydrogen) atoms. The molecular formula is C18H18F6N2O2S2. The number of H-pyrrole nitrogens is 1. The molecule has 0 saturated carbocycles. The van der Waals surface area contributed by atoms with Gasteiger partial charge in [0, 0.05) is 16.2 Å². The first kappa shape index (κ1) is 23.1. The van der Waals surface area contributed by atoms with Crippen molar-refractivity contribution < 1.29 is 35.3 Å². The van der Waals surface area contributed by atoms with Crippen LogP contribution in [0.3, 0.4) is 0 Å². The number of alkyl halides is 6. The van der Waals surface area contributed by atoms with E-state index < -0.39 is 45.3 Å². The van der Waals surface area contributed by atoms with Crippen LogP contribution in [0.25, 0.3) is 0 Å². The van der Waals surface area contributed by atoms with Gasteiger partial charge in [-0.2, -0.15) is 31.4 Å². The summed E-state index contributed by atoms with van der Waals surface area (Å²) in [5.74, 6) is -1.49. The van der Waals surface area contributed by atoms with E-state index in [9.17, 15) is 30.6 Å². The summed E-state index contributed by atoms with van der Waals surface area (Å²) in [5.41, 5.74) is -0.346. The third-order valence-electron chi connectivity index (χ3n) is 4.54. The molecule has 4 nitrogen and oxygen atoms in total. The van der Waals surface area contributed by atoms with Crippen LogP contribution in [0.5, 0.6) is 0 Å². The Bertz CT molecular complexity index is 915. The Balaban J connectivity index is 1.72. The fourth-order valence-corrected chi connectivity index (χ4v) is 5.28. The Kier molecular flexibility index (Phi) is 6.59. The molecule has 3 rings (SSSR count). The number of rotatable bonds is 5. The molecule has 2 aromatic rings. The first-order valence-corrected chi connectivity index (χ1v) is 11.0. The average molecular weight is 472 g/mol. The van der Waals surface area contributed by atoms with Crippen molar-refractivity contribution in [2.75, 3.05) is 12.4 Å². The van der Waals surface area contributed by atoms with Crippen LogP contribution in [0.1, 0.15) is 37.1 Å². The van der Waals surface area contributed by atoms with Gasteiger partial charge in [0.15, 0.2) is 0 Å². The largest absolute Gasteiger partial charge is 0.416 e. The highest BCUT2D eigenvalue weighted by molar-refractivity contribution is 8.00. The van der Waals surface area contributed by atoms with E-state index in [2.05, 4.69) is 10.2 Å². The molecule has 12 heteroatoms. The second-order valence-corrected chi connectivity index (χ2v) is 10.2. The zero-order valence-corrected chi connectivity index (χ0v) is 17.3. The number of ether oxygens (including phenoxy) is 1. The number of aromatic nitrogens is 2. The predicted octanol–water partition coefficient (Wildman–Crippen LogP) is 5.50. The van der Waals surface area contributed by atoms with Crippen molar-refractivity contribution in [3.8, 4) is 0 Å². The van der Waals surface area contributed by atoms with Crippen LogP contribution in [0, 0.1) is 0 Å². The number of aromatic amines is 1. The van der Waals surface area contributed by atoms with Gasteiger partial charge in [0.2, 0.25) is 0 Å². The fraction of sp³-hybridized carbons (Fsp3) is 0.500. The Morgan fingerprint density at radius 3 is 2.67 bits per heavy atom. The lowest BCUT2D eigenvalue weighted by atomic mass is 9.95. The number of thioether (sulfide) groups is 1. The van der Waals surface area contributed by atoms with Gasteiger partial charge in [-0.15, -0.1) is 11.8 Å². The second-order valence-electron chi connectivity index (χ2n) is 7.16. The monoisotopic (exact) mass is 472 g/mol. The maximum absolute atomic E-state index is 13.0. The Labute approximate surface area is 175 Å². The molecule has 1 aliphatic rings. The first-order valence-electron chi connectivity index (χ1n) is 8.83. The summed E-state index contributed by atoms with van der Waals surface area (Å²) in [6.07, 6.45) is -8.60. The molecule has 1 fully saturated rings. The van der Waals surface area contributed by atoms with Crippen molar-refractivity contribution in [3.05, 3.63) is 41.6 Å². The lowest BCUT2D eigenvalue weighted by molar-refractivity contribution is -0.137. The van der Waals surface area contributed by atoms with Crippen LogP contribution in [0.15, 0.2) is 40.3 Å². The van der Waals surface area contributed by atoms with Crippen LogP contribution in [-0.2, 0) is 21.7 Å². The Morgan fingerprint density at radius 2 is 2.00 bits per heavy atom. The third-order valence-corrected chi connectivity index (χ3v) is 7.16. The topological polar surface area (TPSA) is 55.0 Å². The molecule has 2 heterocycles. The highest BCUT2D eigenvalue weighted by Gasteiger charge is 2.37. The normalized spacial score (nSPS) is 24.0. The number of hydrogen-bond acceptors (Lipinski definition) is 4. The standard InChI is InChI=1S/C18H18F6N2O2S2/c1-16(29-12-4-2-3-11(7-12)18(22,23)24)5-6-28-14(9-16)13-8-15(26-25-13)30(27)10-17(19,20)21/h2-4,7-8,14H,5-6,9-10H2,1H3,(H,25,26). The molecule has 0 spiro atoms. The van der Waals surface area contributed by atoms with Gasteiger partial charge in [-0.1, -0.05) is 6.07 Å². The maximum Gasteiger partial charge on any atom is 0.416 e. The van der Waals surface area contributed by atoms with Crippen LogP contribution in [-0.4, -0.2) is 37.7 Å². The van der Waals surface area contributed by atoms with E-state index in [0.29, 0.717) is 30.0 Å². The molecule has 1 N–H and O–H groups in total. The van der Waals surface area contributed by atoms with Gasteiger partial charge >= 0.3 is 12.4 Å². The molecule has 1 aromatic heterocycles. The van der Waals surface area contributed by atoms with Crippen molar-refractivity contribution in [3.63, 3.8) is 0 Å². The van der Waals surface area contributed by atoms with Crippen LogP contribution in [0.4, 0.5) is 26.3 Å². The number of halogens is 6. The first-order chi connectivity index (χ1) is 13.8. The van der Waals surface area contributed by atoms with Crippen LogP contribution in [0.2, 0.25) is 0 Å². The SMILES string of the molecule is CC1(Sc2cccc(C(F)(F)F)c2)CCOC(c2cc(S(=O)CC(F)(F)F)n[nH]2)C1. The minimum atomic E-state index is -4.58. The summed E-state index contributed by atoms with van der Waals surface area (Å²) in [4.78, 5) is 0.463. The van der Waals surface area contributed by atoms with Gasteiger partial charge in [-0.05, 0) is 44.0 Å². The van der Waals surface area contributed by atoms with E-state index in [4.69, 9.17) is 4.74 Å². The summed E-state index contributed by atoms with van der Waals surface area (Å²) in [6, 6.07) is 6.33. The van der Waals surface area contributed by atoms with E-state index in [1.54, 1.807) is 6.07 Å². The lowest BCUT2D eigenvalue weighted by Crippen LogP contribution is -2.32. The molecule has 166 valence electrons. The molecule has 3 atom stereocenters. The molecule has 0 radical (unpaired) electrons. The quantitative estimate of drug-likeness (QED) is 0.584. The van der Waals surface area contributed by atoms with Crippen molar-refractivity contribution >= 4 is 22.6 Å². The summed E-state index contributed by atoms with van der Waals surface area (Å²) < 4.78 is 93.2. The van der Waals surface area contributed by atoms with E-state index >= 15 is 0 Å². The molecule has 1 aliphatic heterocycles. The van der Waals surface area contributed by atoms with Crippen LogP contribution >= 0.6 is 11.8 Å². The van der Waals surface area contributed by atoms with E-state index in [1.807, 2.05) is 6.92 Å². The smallest absolute Gasteiger partial charge is 0.372 e. The van der Waals surface area contributed by atoms with Gasteiger partial charge in [0.25, 0.3) is 0 Å². The summed E-state index contributed by atoms with van der Waals surface area (Å²) in [7, 11) is -2.33. The molecule has 1 aromatic carbocycles. The Hall–Kier alpha value is -1.53. The van der Waals surface area contributed by atoms with Crippen molar-refractivity contribution in [1.82, 2.24) is 10.2 Å². The number of benzene rings is 1. The van der Waals surface area contributed by atoms with Gasteiger partial charge in [0.1, 0.15) is 16.9 Å². The summed E-state index contributed by atoms with van der Waals surface area (Å²) >= 11 is 1.29. The second kappa shape index (κ2) is 8.54. The zero-order valence-electron chi connectivity index (χ0n) is 15.6. The van der Waals surface area contributed by atoms with Crippen molar-refractivity contribution in [1.29, 1.82) is 0 Å². The minimum absolute atomic E-state index is 0.219. The van der Waals surface area contributed by atoms with Gasteiger partial charge < -0.3 is 4.74 Å². The molecule has 3 unspecified atom stereocenters. The van der Waals surface area contributed by atoms with Crippen molar-refractivity contribution in [2.45, 2.75) is 52.9 Å². The molecule has 0 amide bonds. The van der Waals surface area contributed by atoms with Crippen molar-refractivity contribution in [2.24, 2.45) is 0 Å². The molecular weight excluding hydrogens is 454 g/mol. The molecule has 0 aliphatic carbocycles. The zero-order chi connectivity index (χ0) is 22.2. The lowest BCUT2D eigenvalue weighted by Gasteiger charge is -2.37. The fourth-order valence-electron chi connectivity index (χ4n) is 3.10. The van der Waals surface area contributed by atoms with Crippen LogP contribution < -0.4 is 0 Å². The number of nitrogens with one attached hydrogen (secondary N) is 1. The predicted molar refractivity (Wildman–Crippen MR) is 99.6 cm³/mol. The number of nitrogens with zero attached hydrogens (tertiary/aromatic N) is 1. The van der Waals surface area contributed by atoms with E-state index in [-0.39, 0.29) is 5.03 Å². The number of hydrogen-bond donors (Lipinski definition) is 1. The van der Waals surface area contributed by atoms with Gasteiger partial charge in [-0.3, -0.25) is 9.31 Å². The summed E-state index contributed by atoms with van der Waals surface area (Å²) in [5, 5.41) is 6.07. The average Bonchev–Trinajstić information content (AvgIpc) is 3.10. The minimum Gasteiger partial charge on any atom is -0.372 e. The van der Waals surface area contributed by atoms with Gasteiger partial charge in [0.05, 0.1) is 22.1 Å². The molecule has 0 bridgehead atoms. The van der Waals surface area contributed by atoms with E-state index in [0.717, 1.165) is 12.1 Å². The third kappa shape index (κ3) is 6.01. The summed E-state index contributed by atoms with van der Waals surface area (Å²) in [6.45, 7) is 2.21. The highest BCUT2D eigenvalue weighted by atomic mass is 32.2. The van der Waals surface area contributed by atoms with E-state index in [1.165, 1.54) is 23.9 Å². The molecule has 1 saturated heterocycles. The highest BCUT2D eigenvalue weighted by Crippen LogP contribution is 2.46. The van der Waals surface area contributed by atoms with Gasteiger partial charge in [-0.25, -0.2) is 0 Å². The maximum atomic E-state index is 13.0. The Morgan fingerprint density at radius 1 is 1.27 bits per heavy atom.